The molecule has 2 aromatic rings. The quantitative estimate of drug-likeness (QED) is 0.728. The third-order valence-corrected chi connectivity index (χ3v) is 2.11. The summed E-state index contributed by atoms with van der Waals surface area (Å²) >= 11 is 5.77. The van der Waals surface area contributed by atoms with Gasteiger partial charge in [0.2, 0.25) is 0 Å². The minimum atomic E-state index is -1.04. The molecular weight excluding hydrogens is 204 g/mol. The number of fused-ring (bicyclic) bond motifs is 1. The molecule has 2 aromatic heterocycles. The van der Waals surface area contributed by atoms with Gasteiger partial charge in [-0.2, -0.15) is 0 Å². The van der Waals surface area contributed by atoms with Crippen molar-refractivity contribution < 1.29 is 9.90 Å². The molecule has 2 heterocycles. The first-order chi connectivity index (χ1) is 6.70. The molecule has 70 valence electrons. The lowest BCUT2D eigenvalue weighted by atomic mass is 10.1. The number of aromatic carboxylic acids is 1. The van der Waals surface area contributed by atoms with Crippen LogP contribution in [0.2, 0.25) is 5.15 Å². The molecule has 0 unspecified atom stereocenters. The minimum Gasteiger partial charge on any atom is -0.478 e. The van der Waals surface area contributed by atoms with Crippen LogP contribution in [0.3, 0.4) is 0 Å². The van der Waals surface area contributed by atoms with Crippen LogP contribution in [0.15, 0.2) is 24.5 Å². The van der Waals surface area contributed by atoms with Gasteiger partial charge in [0.05, 0.1) is 5.56 Å². The Kier molecular flexibility index (Phi) is 2.05. The fourth-order valence-electron chi connectivity index (χ4n) is 1.21. The Morgan fingerprint density at radius 2 is 2.21 bits per heavy atom. The molecule has 0 spiro atoms. The van der Waals surface area contributed by atoms with Crippen LogP contribution in [-0.2, 0) is 0 Å². The van der Waals surface area contributed by atoms with Gasteiger partial charge >= 0.3 is 5.97 Å². The summed E-state index contributed by atoms with van der Waals surface area (Å²) in [6, 6.07) is 3.31. The highest BCUT2D eigenvalue weighted by Crippen LogP contribution is 2.21. The summed E-state index contributed by atoms with van der Waals surface area (Å²) < 4.78 is 0. The summed E-state index contributed by atoms with van der Waals surface area (Å²) in [5, 5.41) is 9.58. The Balaban J connectivity index is 2.88. The Morgan fingerprint density at radius 3 is 2.93 bits per heavy atom. The van der Waals surface area contributed by atoms with Gasteiger partial charge in [-0.25, -0.2) is 9.78 Å². The number of carbonyl (C=O) groups is 1. The summed E-state index contributed by atoms with van der Waals surface area (Å²) in [5.74, 6) is -1.04. The maximum absolute atomic E-state index is 10.8. The molecule has 14 heavy (non-hydrogen) atoms. The number of aromatic nitrogens is 2. The number of carboxylic acids is 1. The van der Waals surface area contributed by atoms with E-state index in [-0.39, 0.29) is 10.7 Å². The topological polar surface area (TPSA) is 63.1 Å². The highest BCUT2D eigenvalue weighted by molar-refractivity contribution is 6.34. The normalized spacial score (nSPS) is 10.4. The SMILES string of the molecule is O=C(O)c1cnc(Cl)c2ncccc12. The maximum Gasteiger partial charge on any atom is 0.337 e. The Labute approximate surface area is 84.2 Å². The molecule has 0 bridgehead atoms. The largest absolute Gasteiger partial charge is 0.478 e. The number of carboxylic acid groups (broad SMARTS) is 1. The molecule has 0 aliphatic carbocycles. The number of hydrogen-bond acceptors (Lipinski definition) is 3. The van der Waals surface area contributed by atoms with Gasteiger partial charge in [-0.15, -0.1) is 0 Å². The van der Waals surface area contributed by atoms with Crippen LogP contribution in [0.25, 0.3) is 10.9 Å². The van der Waals surface area contributed by atoms with Crippen molar-refractivity contribution in [3.05, 3.63) is 35.2 Å². The molecule has 0 radical (unpaired) electrons. The number of pyridine rings is 2. The lowest BCUT2D eigenvalue weighted by Gasteiger charge is -2.01. The van der Waals surface area contributed by atoms with Crippen LogP contribution < -0.4 is 0 Å². The van der Waals surface area contributed by atoms with Crippen LogP contribution >= 0.6 is 11.6 Å². The Hall–Kier alpha value is -1.68. The third kappa shape index (κ3) is 1.29. The first-order valence-corrected chi connectivity index (χ1v) is 4.20. The van der Waals surface area contributed by atoms with Crippen molar-refractivity contribution in [2.24, 2.45) is 0 Å². The smallest absolute Gasteiger partial charge is 0.337 e. The second-order valence-corrected chi connectivity index (χ2v) is 3.03. The zero-order chi connectivity index (χ0) is 10.1. The number of rotatable bonds is 1. The van der Waals surface area contributed by atoms with E-state index in [1.165, 1.54) is 6.20 Å². The highest BCUT2D eigenvalue weighted by atomic mass is 35.5. The van der Waals surface area contributed by atoms with Gasteiger partial charge in [-0.3, -0.25) is 4.98 Å². The van der Waals surface area contributed by atoms with Gasteiger partial charge in [0.15, 0.2) is 5.15 Å². The molecule has 5 heteroatoms. The molecule has 0 saturated carbocycles. The lowest BCUT2D eigenvalue weighted by molar-refractivity contribution is 0.0698. The fourth-order valence-corrected chi connectivity index (χ4v) is 1.41. The molecule has 0 amide bonds. The van der Waals surface area contributed by atoms with Crippen LogP contribution in [0.4, 0.5) is 0 Å². The van der Waals surface area contributed by atoms with Gasteiger partial charge in [-0.05, 0) is 6.07 Å². The van der Waals surface area contributed by atoms with E-state index in [4.69, 9.17) is 16.7 Å². The summed E-state index contributed by atoms with van der Waals surface area (Å²) in [7, 11) is 0. The van der Waals surface area contributed by atoms with Gasteiger partial charge in [-0.1, -0.05) is 17.7 Å². The predicted molar refractivity (Wildman–Crippen MR) is 51.5 cm³/mol. The summed E-state index contributed by atoms with van der Waals surface area (Å²) in [6.07, 6.45) is 2.77. The molecule has 0 fully saturated rings. The summed E-state index contributed by atoms with van der Waals surface area (Å²) in [5.41, 5.74) is 0.520. The first-order valence-electron chi connectivity index (χ1n) is 3.82. The van der Waals surface area contributed by atoms with E-state index in [2.05, 4.69) is 9.97 Å². The Bertz CT molecular complexity index is 513. The van der Waals surface area contributed by atoms with Crippen molar-refractivity contribution in [2.45, 2.75) is 0 Å². The van der Waals surface area contributed by atoms with Gasteiger partial charge < -0.3 is 5.11 Å². The van der Waals surface area contributed by atoms with Crippen molar-refractivity contribution in [2.75, 3.05) is 0 Å². The number of halogens is 1. The fraction of sp³-hybridized carbons (Fsp3) is 0. The number of nitrogens with zero attached hydrogens (tertiary/aromatic N) is 2. The van der Waals surface area contributed by atoms with Gasteiger partial charge in [0.25, 0.3) is 0 Å². The Morgan fingerprint density at radius 1 is 1.43 bits per heavy atom. The molecule has 2 rings (SSSR count). The van der Waals surface area contributed by atoms with E-state index in [1.54, 1.807) is 18.3 Å². The summed E-state index contributed by atoms with van der Waals surface area (Å²) in [4.78, 5) is 18.5. The van der Waals surface area contributed by atoms with Crippen molar-refractivity contribution in [3.8, 4) is 0 Å². The third-order valence-electron chi connectivity index (χ3n) is 1.83. The van der Waals surface area contributed by atoms with Crippen LogP contribution in [0, 0.1) is 0 Å². The molecular formula is C9H5ClN2O2. The van der Waals surface area contributed by atoms with Crippen LogP contribution in [0.5, 0.6) is 0 Å². The van der Waals surface area contributed by atoms with Gasteiger partial charge in [0.1, 0.15) is 5.52 Å². The van der Waals surface area contributed by atoms with Crippen LogP contribution in [0.1, 0.15) is 10.4 Å². The van der Waals surface area contributed by atoms with E-state index in [9.17, 15) is 4.79 Å². The average molecular weight is 209 g/mol. The zero-order valence-corrected chi connectivity index (χ0v) is 7.69. The van der Waals surface area contributed by atoms with Gasteiger partial charge in [0, 0.05) is 17.8 Å². The van der Waals surface area contributed by atoms with Crippen molar-refractivity contribution in [3.63, 3.8) is 0 Å². The second kappa shape index (κ2) is 3.23. The molecule has 0 aliphatic heterocycles. The van der Waals surface area contributed by atoms with E-state index >= 15 is 0 Å². The average Bonchev–Trinajstić information content (AvgIpc) is 2.18. The van der Waals surface area contributed by atoms with Crippen LogP contribution in [-0.4, -0.2) is 21.0 Å². The standard InChI is InChI=1S/C9H5ClN2O2/c10-8-7-5(2-1-3-11-7)6(4-12-8)9(13)14/h1-4H,(H,13,14). The van der Waals surface area contributed by atoms with E-state index in [0.717, 1.165) is 0 Å². The monoisotopic (exact) mass is 208 g/mol. The maximum atomic E-state index is 10.8. The molecule has 0 aliphatic rings. The molecule has 4 nitrogen and oxygen atoms in total. The second-order valence-electron chi connectivity index (χ2n) is 2.67. The number of hydrogen-bond donors (Lipinski definition) is 1. The van der Waals surface area contributed by atoms with Crippen molar-refractivity contribution in [1.29, 1.82) is 0 Å². The lowest BCUT2D eigenvalue weighted by Crippen LogP contribution is -1.99. The molecule has 0 saturated heterocycles. The molecule has 1 N–H and O–H groups in total. The first kappa shape index (κ1) is 8.90. The summed E-state index contributed by atoms with van der Waals surface area (Å²) in [6.45, 7) is 0. The predicted octanol–water partition coefficient (Wildman–Crippen LogP) is 1.98. The molecule has 0 aromatic carbocycles. The van der Waals surface area contributed by atoms with Crippen molar-refractivity contribution in [1.82, 2.24) is 9.97 Å². The highest BCUT2D eigenvalue weighted by Gasteiger charge is 2.11. The zero-order valence-electron chi connectivity index (χ0n) is 6.94. The molecule has 0 atom stereocenters. The van der Waals surface area contributed by atoms with E-state index in [0.29, 0.717) is 10.9 Å². The van der Waals surface area contributed by atoms with E-state index < -0.39 is 5.97 Å². The van der Waals surface area contributed by atoms with Crippen molar-refractivity contribution >= 4 is 28.5 Å². The van der Waals surface area contributed by atoms with E-state index in [1.807, 2.05) is 0 Å². The minimum absolute atomic E-state index is 0.109.